The molecule has 0 bridgehead atoms. The van der Waals surface area contributed by atoms with E-state index in [0.717, 1.165) is 18.4 Å². The molecule has 5 heteroatoms. The van der Waals surface area contributed by atoms with Gasteiger partial charge in [0.25, 0.3) is 9.05 Å². The number of hydrogen-bond acceptors (Lipinski definition) is 3. The summed E-state index contributed by atoms with van der Waals surface area (Å²) >= 11 is 0. The molecule has 0 heterocycles. The highest BCUT2D eigenvalue weighted by Crippen LogP contribution is 2.29. The van der Waals surface area contributed by atoms with Crippen LogP contribution in [0.25, 0.3) is 0 Å². The SMILES string of the molecule is C=CCCCOc1ccc(S(=O)(=O)Cl)c(C)c1C. The molecule has 0 spiro atoms. The van der Waals surface area contributed by atoms with Crippen molar-refractivity contribution < 1.29 is 13.2 Å². The predicted molar refractivity (Wildman–Crippen MR) is 73.9 cm³/mol. The van der Waals surface area contributed by atoms with E-state index >= 15 is 0 Å². The fraction of sp³-hybridized carbons (Fsp3) is 0.385. The van der Waals surface area contributed by atoms with Gasteiger partial charge in [0.05, 0.1) is 11.5 Å². The van der Waals surface area contributed by atoms with Crippen LogP contribution in [0.1, 0.15) is 24.0 Å². The van der Waals surface area contributed by atoms with Gasteiger partial charge in [-0.25, -0.2) is 8.42 Å². The Balaban J connectivity index is 2.91. The summed E-state index contributed by atoms with van der Waals surface area (Å²) in [5.74, 6) is 0.695. The minimum atomic E-state index is -3.70. The van der Waals surface area contributed by atoms with Crippen LogP contribution in [-0.4, -0.2) is 15.0 Å². The molecule has 0 aromatic heterocycles. The van der Waals surface area contributed by atoms with Gasteiger partial charge in [0.15, 0.2) is 0 Å². The number of ether oxygens (including phenoxy) is 1. The molecular weight excluding hydrogens is 272 g/mol. The Morgan fingerprint density at radius 1 is 1.33 bits per heavy atom. The molecule has 18 heavy (non-hydrogen) atoms. The van der Waals surface area contributed by atoms with Crippen LogP contribution < -0.4 is 4.74 Å². The van der Waals surface area contributed by atoms with Gasteiger partial charge in [-0.15, -0.1) is 6.58 Å². The van der Waals surface area contributed by atoms with E-state index in [9.17, 15) is 8.42 Å². The van der Waals surface area contributed by atoms with E-state index < -0.39 is 9.05 Å². The molecule has 0 unspecified atom stereocenters. The molecular formula is C13H17ClO3S. The van der Waals surface area contributed by atoms with Gasteiger partial charge in [0.2, 0.25) is 0 Å². The van der Waals surface area contributed by atoms with Crippen LogP contribution in [0.4, 0.5) is 0 Å². The monoisotopic (exact) mass is 288 g/mol. The number of allylic oxidation sites excluding steroid dienone is 1. The Morgan fingerprint density at radius 3 is 2.56 bits per heavy atom. The van der Waals surface area contributed by atoms with E-state index in [4.69, 9.17) is 15.4 Å². The zero-order valence-corrected chi connectivity index (χ0v) is 12.1. The zero-order chi connectivity index (χ0) is 13.8. The summed E-state index contributed by atoms with van der Waals surface area (Å²) in [4.78, 5) is 0.139. The third-order valence-electron chi connectivity index (χ3n) is 2.76. The van der Waals surface area contributed by atoms with Crippen molar-refractivity contribution in [3.63, 3.8) is 0 Å². The van der Waals surface area contributed by atoms with Gasteiger partial charge >= 0.3 is 0 Å². The van der Waals surface area contributed by atoms with Gasteiger partial charge in [-0.05, 0) is 49.9 Å². The maximum absolute atomic E-state index is 11.3. The summed E-state index contributed by atoms with van der Waals surface area (Å²) in [6.07, 6.45) is 3.62. The van der Waals surface area contributed by atoms with Crippen molar-refractivity contribution in [2.75, 3.05) is 6.61 Å². The maximum Gasteiger partial charge on any atom is 0.261 e. The van der Waals surface area contributed by atoms with Gasteiger partial charge < -0.3 is 4.74 Å². The Morgan fingerprint density at radius 2 is 2.00 bits per heavy atom. The topological polar surface area (TPSA) is 43.4 Å². The van der Waals surface area contributed by atoms with Crippen LogP contribution in [0.15, 0.2) is 29.7 Å². The Hall–Kier alpha value is -1.00. The van der Waals surface area contributed by atoms with Crippen LogP contribution in [0.5, 0.6) is 5.75 Å². The van der Waals surface area contributed by atoms with Crippen LogP contribution in [0, 0.1) is 13.8 Å². The molecule has 1 aromatic rings. The Bertz CT molecular complexity index is 535. The van der Waals surface area contributed by atoms with Crippen molar-refractivity contribution >= 4 is 19.7 Å². The predicted octanol–water partition coefficient (Wildman–Crippen LogP) is 3.58. The number of benzene rings is 1. The maximum atomic E-state index is 11.3. The molecule has 0 atom stereocenters. The van der Waals surface area contributed by atoms with Crippen molar-refractivity contribution in [2.24, 2.45) is 0 Å². The van der Waals surface area contributed by atoms with Gasteiger partial charge in [0, 0.05) is 10.7 Å². The second-order valence-electron chi connectivity index (χ2n) is 4.03. The second-order valence-corrected chi connectivity index (χ2v) is 6.56. The van der Waals surface area contributed by atoms with Crippen LogP contribution >= 0.6 is 10.7 Å². The largest absolute Gasteiger partial charge is 0.493 e. The molecule has 0 saturated carbocycles. The molecule has 1 rings (SSSR count). The summed E-state index contributed by atoms with van der Waals surface area (Å²) in [6.45, 7) is 7.77. The number of hydrogen-bond donors (Lipinski definition) is 0. The highest BCUT2D eigenvalue weighted by molar-refractivity contribution is 8.13. The van der Waals surface area contributed by atoms with E-state index in [0.29, 0.717) is 17.9 Å². The summed E-state index contributed by atoms with van der Waals surface area (Å²) in [5, 5.41) is 0. The van der Waals surface area contributed by atoms with Crippen molar-refractivity contribution in [2.45, 2.75) is 31.6 Å². The molecule has 100 valence electrons. The quantitative estimate of drug-likeness (QED) is 0.456. The summed E-state index contributed by atoms with van der Waals surface area (Å²) in [7, 11) is 1.66. The molecule has 0 fully saturated rings. The standard InChI is InChI=1S/C13H17ClO3S/c1-4-5-6-9-17-12-7-8-13(18(14,15)16)11(3)10(12)2/h4,7-8H,1,5-6,9H2,2-3H3. The Labute approximate surface area is 113 Å². The fourth-order valence-corrected chi connectivity index (χ4v) is 2.85. The van der Waals surface area contributed by atoms with Gasteiger partial charge in [-0.1, -0.05) is 6.08 Å². The summed E-state index contributed by atoms with van der Waals surface area (Å²) in [5.41, 5.74) is 1.43. The van der Waals surface area contributed by atoms with Crippen molar-refractivity contribution in [3.05, 3.63) is 35.9 Å². The first-order valence-corrected chi connectivity index (χ1v) is 7.97. The lowest BCUT2D eigenvalue weighted by Crippen LogP contribution is -2.02. The average Bonchev–Trinajstić information content (AvgIpc) is 2.28. The highest BCUT2D eigenvalue weighted by atomic mass is 35.7. The average molecular weight is 289 g/mol. The molecule has 0 aliphatic rings. The molecule has 0 aliphatic carbocycles. The third-order valence-corrected chi connectivity index (χ3v) is 4.23. The summed E-state index contributed by atoms with van der Waals surface area (Å²) in [6, 6.07) is 3.12. The minimum absolute atomic E-state index is 0.139. The van der Waals surface area contributed by atoms with Gasteiger partial charge in [-0.3, -0.25) is 0 Å². The number of rotatable bonds is 6. The van der Waals surface area contributed by atoms with E-state index in [1.165, 1.54) is 6.07 Å². The molecule has 3 nitrogen and oxygen atoms in total. The number of unbranched alkanes of at least 4 members (excludes halogenated alkanes) is 1. The summed E-state index contributed by atoms with van der Waals surface area (Å²) < 4.78 is 28.3. The first kappa shape index (κ1) is 15.1. The molecule has 0 aliphatic heterocycles. The fourth-order valence-electron chi connectivity index (χ4n) is 1.60. The van der Waals surface area contributed by atoms with Crippen molar-refractivity contribution in [3.8, 4) is 5.75 Å². The first-order chi connectivity index (χ1) is 8.38. The molecule has 1 aromatic carbocycles. The number of halogens is 1. The highest BCUT2D eigenvalue weighted by Gasteiger charge is 2.16. The lowest BCUT2D eigenvalue weighted by molar-refractivity contribution is 0.309. The van der Waals surface area contributed by atoms with E-state index in [1.807, 2.05) is 13.0 Å². The first-order valence-electron chi connectivity index (χ1n) is 5.66. The Kier molecular flexibility index (Phi) is 5.23. The molecule has 0 N–H and O–H groups in total. The van der Waals surface area contributed by atoms with Gasteiger partial charge in [-0.2, -0.15) is 0 Å². The van der Waals surface area contributed by atoms with E-state index in [2.05, 4.69) is 6.58 Å². The second kappa shape index (κ2) is 6.25. The lowest BCUT2D eigenvalue weighted by Gasteiger charge is -2.12. The normalized spacial score (nSPS) is 11.3. The molecule has 0 saturated heterocycles. The molecule has 0 amide bonds. The zero-order valence-electron chi connectivity index (χ0n) is 10.6. The van der Waals surface area contributed by atoms with Crippen molar-refractivity contribution in [1.82, 2.24) is 0 Å². The third kappa shape index (κ3) is 3.75. The van der Waals surface area contributed by atoms with Crippen molar-refractivity contribution in [1.29, 1.82) is 0 Å². The van der Waals surface area contributed by atoms with Crippen LogP contribution in [0.2, 0.25) is 0 Å². The van der Waals surface area contributed by atoms with Gasteiger partial charge in [0.1, 0.15) is 5.75 Å². The smallest absolute Gasteiger partial charge is 0.261 e. The van der Waals surface area contributed by atoms with Crippen LogP contribution in [-0.2, 0) is 9.05 Å². The minimum Gasteiger partial charge on any atom is -0.493 e. The van der Waals surface area contributed by atoms with Crippen LogP contribution in [0.3, 0.4) is 0 Å². The lowest BCUT2D eigenvalue weighted by atomic mass is 10.1. The van der Waals surface area contributed by atoms with E-state index in [1.54, 1.807) is 13.0 Å². The molecule has 0 radical (unpaired) electrons. The van der Waals surface area contributed by atoms with E-state index in [-0.39, 0.29) is 4.90 Å².